The molecule has 3 aromatic rings. The second kappa shape index (κ2) is 8.41. The summed E-state index contributed by atoms with van der Waals surface area (Å²) in [5, 5.41) is 0. The maximum absolute atomic E-state index is 12.9. The Labute approximate surface area is 168 Å². The number of halogens is 1. The number of hydrogen-bond donors (Lipinski definition) is 0. The molecule has 0 spiro atoms. The van der Waals surface area contributed by atoms with Crippen LogP contribution in [0.2, 0.25) is 0 Å². The summed E-state index contributed by atoms with van der Waals surface area (Å²) in [7, 11) is -2.26. The zero-order valence-corrected chi connectivity index (χ0v) is 18.3. The SMILES string of the molecule is COc1ccc(I(OS(=O)(=O)c2ccc(C)cc2)c2ccccc2C)cc1. The summed E-state index contributed by atoms with van der Waals surface area (Å²) in [6, 6.07) is 22.0. The molecule has 3 aromatic carbocycles. The molecular formula is C21H21IO4S. The summed E-state index contributed by atoms with van der Waals surface area (Å²) in [5.41, 5.74) is 2.02. The molecule has 0 aliphatic carbocycles. The van der Waals surface area contributed by atoms with Crippen LogP contribution >= 0.6 is 20.2 Å². The molecule has 27 heavy (non-hydrogen) atoms. The molecule has 0 radical (unpaired) electrons. The van der Waals surface area contributed by atoms with Gasteiger partial charge in [-0.25, -0.2) is 0 Å². The van der Waals surface area contributed by atoms with Crippen molar-refractivity contribution in [1.29, 1.82) is 0 Å². The Morgan fingerprint density at radius 3 is 2.04 bits per heavy atom. The summed E-state index contributed by atoms with van der Waals surface area (Å²) in [6.07, 6.45) is 0. The predicted molar refractivity (Wildman–Crippen MR) is 115 cm³/mol. The van der Waals surface area contributed by atoms with Crippen LogP contribution in [0.1, 0.15) is 11.1 Å². The molecule has 0 aliphatic heterocycles. The van der Waals surface area contributed by atoms with Crippen LogP contribution in [0.15, 0.2) is 77.7 Å². The fraction of sp³-hybridized carbons (Fsp3) is 0.143. The molecular weight excluding hydrogens is 475 g/mol. The fourth-order valence-electron chi connectivity index (χ4n) is 2.44. The quantitative estimate of drug-likeness (QED) is 0.442. The van der Waals surface area contributed by atoms with E-state index in [0.717, 1.165) is 24.0 Å². The van der Waals surface area contributed by atoms with Crippen LogP contribution in [0.5, 0.6) is 5.75 Å². The van der Waals surface area contributed by atoms with E-state index in [1.54, 1.807) is 31.4 Å². The van der Waals surface area contributed by atoms with E-state index < -0.39 is 30.4 Å². The van der Waals surface area contributed by atoms with E-state index in [0.29, 0.717) is 0 Å². The summed E-state index contributed by atoms with van der Waals surface area (Å²) in [4.78, 5) is 0.178. The Morgan fingerprint density at radius 2 is 1.44 bits per heavy atom. The predicted octanol–water partition coefficient (Wildman–Crippen LogP) is 5.18. The van der Waals surface area contributed by atoms with Gasteiger partial charge in [-0.3, -0.25) is 0 Å². The van der Waals surface area contributed by atoms with Gasteiger partial charge in [-0.2, -0.15) is 0 Å². The molecule has 0 bridgehead atoms. The van der Waals surface area contributed by atoms with Crippen molar-refractivity contribution in [3.63, 3.8) is 0 Å². The molecule has 4 nitrogen and oxygen atoms in total. The van der Waals surface area contributed by atoms with Gasteiger partial charge in [0.2, 0.25) is 0 Å². The number of aryl methyl sites for hydroxylation is 2. The van der Waals surface area contributed by atoms with Gasteiger partial charge >= 0.3 is 169 Å². The molecule has 0 saturated carbocycles. The van der Waals surface area contributed by atoms with E-state index in [1.807, 2.05) is 62.4 Å². The molecule has 0 aromatic heterocycles. The van der Waals surface area contributed by atoms with Gasteiger partial charge < -0.3 is 0 Å². The van der Waals surface area contributed by atoms with E-state index in [1.165, 1.54) is 0 Å². The first kappa shape index (κ1) is 19.9. The standard InChI is InChI=1S/C21H21IO4S/c1-16-8-14-20(15-9-16)27(23,24)26-22(21-7-5-4-6-17(21)2)18-10-12-19(25-3)13-11-18/h4-15H,1-3H3. The van der Waals surface area contributed by atoms with Gasteiger partial charge in [-0.1, -0.05) is 0 Å². The summed E-state index contributed by atoms with van der Waals surface area (Å²) >= 11 is -2.69. The summed E-state index contributed by atoms with van der Waals surface area (Å²) in [6.45, 7) is 3.89. The Hall–Kier alpha value is -1.90. The first-order valence-electron chi connectivity index (χ1n) is 8.32. The van der Waals surface area contributed by atoms with Crippen LogP contribution in [0.3, 0.4) is 0 Å². The van der Waals surface area contributed by atoms with E-state index in [4.69, 9.17) is 7.25 Å². The number of ether oxygens (including phenoxy) is 1. The van der Waals surface area contributed by atoms with Gasteiger partial charge in [0.15, 0.2) is 0 Å². The first-order chi connectivity index (χ1) is 12.9. The molecule has 0 amide bonds. The third-order valence-electron chi connectivity index (χ3n) is 3.96. The first-order valence-corrected chi connectivity index (χ1v) is 12.8. The third kappa shape index (κ3) is 4.69. The van der Waals surface area contributed by atoms with Gasteiger partial charge in [0.05, 0.1) is 0 Å². The fourth-order valence-corrected chi connectivity index (χ4v) is 9.71. The van der Waals surface area contributed by atoms with Crippen LogP contribution in [0, 0.1) is 21.0 Å². The van der Waals surface area contributed by atoms with Crippen molar-refractivity contribution in [2.24, 2.45) is 0 Å². The second-order valence-electron chi connectivity index (χ2n) is 5.99. The van der Waals surface area contributed by atoms with Gasteiger partial charge in [0.25, 0.3) is 0 Å². The van der Waals surface area contributed by atoms with Gasteiger partial charge in [-0.05, 0) is 0 Å². The summed E-state index contributed by atoms with van der Waals surface area (Å²) < 4.78 is 38.8. The van der Waals surface area contributed by atoms with Crippen molar-refractivity contribution in [2.75, 3.05) is 7.11 Å². The van der Waals surface area contributed by atoms with Crippen molar-refractivity contribution >= 4 is 30.4 Å². The van der Waals surface area contributed by atoms with Crippen molar-refractivity contribution in [1.82, 2.24) is 0 Å². The molecule has 0 unspecified atom stereocenters. The number of rotatable bonds is 6. The van der Waals surface area contributed by atoms with E-state index >= 15 is 0 Å². The van der Waals surface area contributed by atoms with Crippen LogP contribution in [-0.2, 0) is 12.6 Å². The second-order valence-corrected chi connectivity index (χ2v) is 12.4. The Balaban J connectivity index is 2.04. The normalized spacial score (nSPS) is 11.9. The molecule has 0 fully saturated rings. The van der Waals surface area contributed by atoms with Crippen LogP contribution in [-0.4, -0.2) is 15.5 Å². The van der Waals surface area contributed by atoms with Gasteiger partial charge in [0.1, 0.15) is 0 Å². The van der Waals surface area contributed by atoms with E-state index in [2.05, 4.69) is 0 Å². The molecule has 6 heteroatoms. The molecule has 0 N–H and O–H groups in total. The zero-order valence-electron chi connectivity index (χ0n) is 15.3. The number of benzene rings is 3. The van der Waals surface area contributed by atoms with Crippen molar-refractivity contribution in [3.8, 4) is 5.75 Å². The van der Waals surface area contributed by atoms with Crippen molar-refractivity contribution in [2.45, 2.75) is 18.7 Å². The number of hydrogen-bond acceptors (Lipinski definition) is 4. The van der Waals surface area contributed by atoms with Crippen LogP contribution < -0.4 is 4.74 Å². The zero-order chi connectivity index (χ0) is 19.4. The van der Waals surface area contributed by atoms with Gasteiger partial charge in [-0.15, -0.1) is 0 Å². The Bertz CT molecular complexity index is 1010. The van der Waals surface area contributed by atoms with Gasteiger partial charge in [0, 0.05) is 0 Å². The molecule has 0 atom stereocenters. The number of methoxy groups -OCH3 is 1. The van der Waals surface area contributed by atoms with E-state index in [-0.39, 0.29) is 4.90 Å². The topological polar surface area (TPSA) is 52.6 Å². The monoisotopic (exact) mass is 496 g/mol. The van der Waals surface area contributed by atoms with Crippen molar-refractivity contribution in [3.05, 3.63) is 91.1 Å². The van der Waals surface area contributed by atoms with E-state index in [9.17, 15) is 8.42 Å². The molecule has 142 valence electrons. The van der Waals surface area contributed by atoms with Crippen LogP contribution in [0.25, 0.3) is 0 Å². The molecule has 0 saturated heterocycles. The Morgan fingerprint density at radius 1 is 0.815 bits per heavy atom. The minimum absolute atomic E-state index is 0.178. The molecule has 0 aliphatic rings. The Kier molecular flexibility index (Phi) is 6.18. The summed E-state index contributed by atoms with van der Waals surface area (Å²) in [5.74, 6) is 0.723. The third-order valence-corrected chi connectivity index (χ3v) is 11.7. The average Bonchev–Trinajstić information content (AvgIpc) is 2.67. The molecule has 3 rings (SSSR count). The van der Waals surface area contributed by atoms with Crippen LogP contribution in [0.4, 0.5) is 0 Å². The average molecular weight is 496 g/mol. The maximum atomic E-state index is 12.9. The minimum atomic E-state index is -3.87. The van der Waals surface area contributed by atoms with Crippen molar-refractivity contribution < 1.29 is 15.7 Å². The molecule has 0 heterocycles.